The maximum atomic E-state index is 12.2. The first-order valence-electron chi connectivity index (χ1n) is 7.84. The van der Waals surface area contributed by atoms with Crippen LogP contribution in [-0.4, -0.2) is 50.1 Å². The molecule has 6 nitrogen and oxygen atoms in total. The molecular formula is C18H24N4O2. The maximum Gasteiger partial charge on any atom is 0.270 e. The van der Waals surface area contributed by atoms with Crippen LogP contribution in [0, 0.1) is 0 Å². The first-order chi connectivity index (χ1) is 11.6. The Labute approximate surface area is 142 Å². The number of aromatic nitrogens is 1. The molecule has 1 amide bonds. The highest BCUT2D eigenvalue weighted by Crippen LogP contribution is 2.11. The molecule has 0 spiro atoms. The molecule has 128 valence electrons. The number of carbonyl (C=O) groups excluding carboxylic acids is 1. The minimum absolute atomic E-state index is 0.193. The molecule has 24 heavy (non-hydrogen) atoms. The molecule has 0 saturated carbocycles. The topological polar surface area (TPSA) is 66.5 Å². The van der Waals surface area contributed by atoms with Crippen LogP contribution in [0.5, 0.6) is 5.75 Å². The summed E-state index contributed by atoms with van der Waals surface area (Å²) in [6.07, 6.45) is 1.64. The zero-order chi connectivity index (χ0) is 17.4. The average Bonchev–Trinajstić information content (AvgIpc) is 2.60. The van der Waals surface area contributed by atoms with Crippen LogP contribution in [0.1, 0.15) is 16.1 Å². The number of nitrogens with one attached hydrogen (secondary N) is 2. The van der Waals surface area contributed by atoms with Crippen molar-refractivity contribution in [2.24, 2.45) is 0 Å². The monoisotopic (exact) mass is 328 g/mol. The number of ether oxygens (including phenoxy) is 1. The zero-order valence-corrected chi connectivity index (χ0v) is 14.4. The number of hydrogen-bond acceptors (Lipinski definition) is 5. The Morgan fingerprint density at radius 2 is 1.96 bits per heavy atom. The van der Waals surface area contributed by atoms with Crippen molar-refractivity contribution in [3.8, 4) is 5.75 Å². The Kier molecular flexibility index (Phi) is 6.57. The zero-order valence-electron chi connectivity index (χ0n) is 14.4. The van der Waals surface area contributed by atoms with Crippen LogP contribution in [0.3, 0.4) is 0 Å². The fraction of sp³-hybridized carbons (Fsp3) is 0.333. The molecule has 6 heteroatoms. The third kappa shape index (κ3) is 5.55. The summed E-state index contributed by atoms with van der Waals surface area (Å²) in [4.78, 5) is 18.5. The SMILES string of the molecule is COc1ccc(CNC(=O)c2cc(NCCN(C)C)ccn2)cc1. The van der Waals surface area contributed by atoms with Gasteiger partial charge in [-0.15, -0.1) is 0 Å². The lowest BCUT2D eigenvalue weighted by Gasteiger charge is -2.12. The standard InChI is InChI=1S/C18H24N4O2/c1-22(2)11-10-19-15-8-9-20-17(12-15)18(23)21-13-14-4-6-16(24-3)7-5-14/h4-9,12H,10-11,13H2,1-3H3,(H,19,20)(H,21,23). The number of amides is 1. The van der Waals surface area contributed by atoms with E-state index in [-0.39, 0.29) is 5.91 Å². The molecule has 2 aromatic rings. The highest BCUT2D eigenvalue weighted by Gasteiger charge is 2.08. The van der Waals surface area contributed by atoms with Crippen molar-refractivity contribution < 1.29 is 9.53 Å². The summed E-state index contributed by atoms with van der Waals surface area (Å²) >= 11 is 0. The van der Waals surface area contributed by atoms with E-state index in [0.717, 1.165) is 30.1 Å². The molecular weight excluding hydrogens is 304 g/mol. The van der Waals surface area contributed by atoms with Crippen LogP contribution in [0.15, 0.2) is 42.6 Å². The first-order valence-corrected chi connectivity index (χ1v) is 7.84. The second-order valence-electron chi connectivity index (χ2n) is 5.69. The first kappa shape index (κ1) is 17.7. The van der Waals surface area contributed by atoms with Gasteiger partial charge in [0, 0.05) is 31.5 Å². The van der Waals surface area contributed by atoms with E-state index in [1.54, 1.807) is 19.4 Å². The Morgan fingerprint density at radius 3 is 2.62 bits per heavy atom. The Hall–Kier alpha value is -2.60. The minimum atomic E-state index is -0.193. The van der Waals surface area contributed by atoms with Crippen molar-refractivity contribution in [3.63, 3.8) is 0 Å². The lowest BCUT2D eigenvalue weighted by atomic mass is 10.2. The number of nitrogens with zero attached hydrogens (tertiary/aromatic N) is 2. The number of pyridine rings is 1. The summed E-state index contributed by atoms with van der Waals surface area (Å²) in [5, 5.41) is 6.16. The van der Waals surface area contributed by atoms with Crippen LogP contribution in [0.4, 0.5) is 5.69 Å². The number of likely N-dealkylation sites (N-methyl/N-ethyl adjacent to an activating group) is 1. The van der Waals surface area contributed by atoms with Crippen LogP contribution in [0.25, 0.3) is 0 Å². The van der Waals surface area contributed by atoms with Gasteiger partial charge in [-0.25, -0.2) is 0 Å². The third-order valence-corrected chi connectivity index (χ3v) is 3.49. The van der Waals surface area contributed by atoms with Gasteiger partial charge in [0.15, 0.2) is 0 Å². The molecule has 1 aromatic heterocycles. The van der Waals surface area contributed by atoms with E-state index in [4.69, 9.17) is 4.74 Å². The van der Waals surface area contributed by atoms with Gasteiger partial charge in [0.2, 0.25) is 0 Å². The molecule has 0 fully saturated rings. The van der Waals surface area contributed by atoms with Crippen molar-refractivity contribution in [2.75, 3.05) is 39.6 Å². The van der Waals surface area contributed by atoms with Gasteiger partial charge >= 0.3 is 0 Å². The van der Waals surface area contributed by atoms with E-state index in [0.29, 0.717) is 12.2 Å². The van der Waals surface area contributed by atoms with Crippen LogP contribution < -0.4 is 15.4 Å². The fourth-order valence-electron chi connectivity index (χ4n) is 2.10. The van der Waals surface area contributed by atoms with Gasteiger partial charge in [0.25, 0.3) is 5.91 Å². The van der Waals surface area contributed by atoms with E-state index in [2.05, 4.69) is 20.5 Å². The lowest BCUT2D eigenvalue weighted by Crippen LogP contribution is -2.24. The molecule has 1 aromatic carbocycles. The largest absolute Gasteiger partial charge is 0.497 e. The molecule has 0 radical (unpaired) electrons. The second-order valence-corrected chi connectivity index (χ2v) is 5.69. The van der Waals surface area contributed by atoms with E-state index < -0.39 is 0 Å². The van der Waals surface area contributed by atoms with Crippen molar-refractivity contribution in [1.82, 2.24) is 15.2 Å². The van der Waals surface area contributed by atoms with E-state index >= 15 is 0 Å². The lowest BCUT2D eigenvalue weighted by molar-refractivity contribution is 0.0946. The molecule has 0 aliphatic carbocycles. The number of methoxy groups -OCH3 is 1. The predicted molar refractivity (Wildman–Crippen MR) is 95.4 cm³/mol. The van der Waals surface area contributed by atoms with Gasteiger partial charge in [-0.2, -0.15) is 0 Å². The van der Waals surface area contributed by atoms with Crippen molar-refractivity contribution in [3.05, 3.63) is 53.9 Å². The Balaban J connectivity index is 1.89. The normalized spacial score (nSPS) is 10.5. The van der Waals surface area contributed by atoms with Crippen LogP contribution >= 0.6 is 0 Å². The molecule has 0 aliphatic rings. The Morgan fingerprint density at radius 1 is 1.21 bits per heavy atom. The molecule has 0 bridgehead atoms. The summed E-state index contributed by atoms with van der Waals surface area (Å²) < 4.78 is 5.12. The third-order valence-electron chi connectivity index (χ3n) is 3.49. The van der Waals surface area contributed by atoms with Crippen molar-refractivity contribution in [1.29, 1.82) is 0 Å². The smallest absolute Gasteiger partial charge is 0.270 e. The van der Waals surface area contributed by atoms with Gasteiger partial charge < -0.3 is 20.3 Å². The molecule has 0 aliphatic heterocycles. The van der Waals surface area contributed by atoms with E-state index in [1.807, 2.05) is 44.4 Å². The van der Waals surface area contributed by atoms with E-state index in [9.17, 15) is 4.79 Å². The number of carbonyl (C=O) groups is 1. The predicted octanol–water partition coefficient (Wildman–Crippen LogP) is 1.99. The molecule has 2 rings (SSSR count). The quantitative estimate of drug-likeness (QED) is 0.776. The van der Waals surface area contributed by atoms with Gasteiger partial charge in [-0.05, 0) is 43.9 Å². The number of hydrogen-bond donors (Lipinski definition) is 2. The average molecular weight is 328 g/mol. The van der Waals surface area contributed by atoms with Gasteiger partial charge in [-0.3, -0.25) is 9.78 Å². The fourth-order valence-corrected chi connectivity index (χ4v) is 2.10. The number of anilines is 1. The van der Waals surface area contributed by atoms with Gasteiger partial charge in [0.05, 0.1) is 7.11 Å². The molecule has 0 unspecified atom stereocenters. The number of rotatable bonds is 8. The summed E-state index contributed by atoms with van der Waals surface area (Å²) in [5.74, 6) is 0.602. The van der Waals surface area contributed by atoms with Gasteiger partial charge in [0.1, 0.15) is 11.4 Å². The molecule has 0 saturated heterocycles. The van der Waals surface area contributed by atoms with E-state index in [1.165, 1.54) is 0 Å². The van der Waals surface area contributed by atoms with Crippen molar-refractivity contribution >= 4 is 11.6 Å². The summed E-state index contributed by atoms with van der Waals surface area (Å²) in [6, 6.07) is 11.2. The molecule has 1 heterocycles. The maximum absolute atomic E-state index is 12.2. The molecule has 2 N–H and O–H groups in total. The highest BCUT2D eigenvalue weighted by molar-refractivity contribution is 5.93. The number of benzene rings is 1. The van der Waals surface area contributed by atoms with Crippen LogP contribution in [0.2, 0.25) is 0 Å². The summed E-state index contributed by atoms with van der Waals surface area (Å²) in [6.45, 7) is 2.17. The second kappa shape index (κ2) is 8.88. The Bertz CT molecular complexity index is 656. The summed E-state index contributed by atoms with van der Waals surface area (Å²) in [7, 11) is 5.67. The van der Waals surface area contributed by atoms with Crippen LogP contribution in [-0.2, 0) is 6.54 Å². The minimum Gasteiger partial charge on any atom is -0.497 e. The van der Waals surface area contributed by atoms with Gasteiger partial charge in [-0.1, -0.05) is 12.1 Å². The summed E-state index contributed by atoms with van der Waals surface area (Å²) in [5.41, 5.74) is 2.30. The highest BCUT2D eigenvalue weighted by atomic mass is 16.5. The molecule has 0 atom stereocenters. The van der Waals surface area contributed by atoms with Crippen molar-refractivity contribution in [2.45, 2.75) is 6.54 Å².